The molecule has 0 amide bonds. The molecule has 0 saturated heterocycles. The number of nitrogens with zero attached hydrogens (tertiary/aromatic N) is 2. The first kappa shape index (κ1) is 12.2. The van der Waals surface area contributed by atoms with Crippen molar-refractivity contribution in [2.75, 3.05) is 6.54 Å². The van der Waals surface area contributed by atoms with Crippen molar-refractivity contribution < 1.29 is 4.74 Å². The van der Waals surface area contributed by atoms with Crippen molar-refractivity contribution in [1.82, 2.24) is 9.78 Å². The van der Waals surface area contributed by atoms with Crippen LogP contribution < -0.4 is 5.73 Å². The molecule has 1 aromatic rings. The lowest BCUT2D eigenvalue weighted by molar-refractivity contribution is -0.0553. The van der Waals surface area contributed by atoms with Gasteiger partial charge >= 0.3 is 0 Å². The van der Waals surface area contributed by atoms with E-state index in [0.717, 1.165) is 18.4 Å². The van der Waals surface area contributed by atoms with Crippen LogP contribution in [0.4, 0.5) is 0 Å². The highest BCUT2D eigenvalue weighted by molar-refractivity contribution is 5.02. The van der Waals surface area contributed by atoms with Crippen LogP contribution in [-0.2, 0) is 18.4 Å². The summed E-state index contributed by atoms with van der Waals surface area (Å²) in [6.07, 6.45) is 5.68. The molecule has 0 unspecified atom stereocenters. The zero-order valence-corrected chi connectivity index (χ0v) is 9.86. The molecule has 15 heavy (non-hydrogen) atoms. The van der Waals surface area contributed by atoms with Crippen LogP contribution in [0.15, 0.2) is 12.4 Å². The van der Waals surface area contributed by atoms with Gasteiger partial charge in [0, 0.05) is 25.4 Å². The van der Waals surface area contributed by atoms with Crippen LogP contribution in [0.1, 0.15) is 32.3 Å². The molecule has 1 rings (SSSR count). The summed E-state index contributed by atoms with van der Waals surface area (Å²) in [6.45, 7) is 5.38. The Morgan fingerprint density at radius 1 is 1.47 bits per heavy atom. The summed E-state index contributed by atoms with van der Waals surface area (Å²) in [7, 11) is 1.90. The second-order valence-electron chi connectivity index (χ2n) is 3.91. The Hall–Kier alpha value is -0.870. The quantitative estimate of drug-likeness (QED) is 0.775. The van der Waals surface area contributed by atoms with Gasteiger partial charge in [0.2, 0.25) is 0 Å². The van der Waals surface area contributed by atoms with Crippen molar-refractivity contribution in [2.24, 2.45) is 12.8 Å². The Morgan fingerprint density at radius 2 is 2.13 bits per heavy atom. The number of hydrogen-bond acceptors (Lipinski definition) is 3. The topological polar surface area (TPSA) is 53.1 Å². The lowest BCUT2D eigenvalue weighted by Crippen LogP contribution is -2.39. The van der Waals surface area contributed by atoms with Gasteiger partial charge < -0.3 is 10.5 Å². The highest BCUT2D eigenvalue weighted by Gasteiger charge is 2.24. The van der Waals surface area contributed by atoms with Crippen molar-refractivity contribution >= 4 is 0 Å². The molecular weight excluding hydrogens is 190 g/mol. The van der Waals surface area contributed by atoms with Crippen molar-refractivity contribution in [1.29, 1.82) is 0 Å². The second kappa shape index (κ2) is 5.28. The minimum Gasteiger partial charge on any atom is -0.369 e. The lowest BCUT2D eigenvalue weighted by Gasteiger charge is -2.30. The van der Waals surface area contributed by atoms with Crippen molar-refractivity contribution in [3.05, 3.63) is 18.0 Å². The molecule has 0 aliphatic rings. The maximum atomic E-state index is 5.90. The number of rotatable bonds is 6. The zero-order chi connectivity index (χ0) is 11.3. The maximum absolute atomic E-state index is 5.90. The number of aryl methyl sites for hydroxylation is 1. The summed E-state index contributed by atoms with van der Waals surface area (Å²) in [5.74, 6) is 0. The monoisotopic (exact) mass is 211 g/mol. The Kier molecular flexibility index (Phi) is 4.29. The van der Waals surface area contributed by atoms with E-state index < -0.39 is 0 Å². The zero-order valence-electron chi connectivity index (χ0n) is 9.86. The van der Waals surface area contributed by atoms with Crippen LogP contribution in [-0.4, -0.2) is 21.9 Å². The smallest absolute Gasteiger partial charge is 0.0803 e. The predicted molar refractivity (Wildman–Crippen MR) is 60.4 cm³/mol. The van der Waals surface area contributed by atoms with E-state index >= 15 is 0 Å². The SMILES string of the molecule is CCC(CC)(CN)OCc1cnn(C)c1. The molecule has 0 saturated carbocycles. The van der Waals surface area contributed by atoms with E-state index in [-0.39, 0.29) is 5.60 Å². The number of ether oxygens (including phenoxy) is 1. The van der Waals surface area contributed by atoms with Gasteiger partial charge in [-0.1, -0.05) is 13.8 Å². The molecule has 4 heteroatoms. The number of nitrogens with two attached hydrogens (primary N) is 1. The van der Waals surface area contributed by atoms with E-state index in [1.165, 1.54) is 0 Å². The van der Waals surface area contributed by atoms with Gasteiger partial charge in [-0.05, 0) is 12.8 Å². The average molecular weight is 211 g/mol. The van der Waals surface area contributed by atoms with Gasteiger partial charge in [0.15, 0.2) is 0 Å². The van der Waals surface area contributed by atoms with Gasteiger partial charge in [0.1, 0.15) is 0 Å². The molecular formula is C11H21N3O. The van der Waals surface area contributed by atoms with E-state index in [0.29, 0.717) is 13.2 Å². The van der Waals surface area contributed by atoms with Gasteiger partial charge in [-0.25, -0.2) is 0 Å². The van der Waals surface area contributed by atoms with Gasteiger partial charge in [-0.3, -0.25) is 4.68 Å². The normalized spacial score (nSPS) is 12.0. The molecule has 0 fully saturated rings. The van der Waals surface area contributed by atoms with E-state index in [4.69, 9.17) is 10.5 Å². The van der Waals surface area contributed by atoms with Crippen LogP contribution in [0.25, 0.3) is 0 Å². The molecule has 0 atom stereocenters. The molecule has 0 spiro atoms. The molecule has 0 aliphatic heterocycles. The Bertz CT molecular complexity index is 284. The lowest BCUT2D eigenvalue weighted by atomic mass is 9.97. The molecule has 4 nitrogen and oxygen atoms in total. The fourth-order valence-electron chi connectivity index (χ4n) is 1.58. The molecule has 86 valence electrons. The first-order valence-corrected chi connectivity index (χ1v) is 5.47. The van der Waals surface area contributed by atoms with Crippen molar-refractivity contribution in [2.45, 2.75) is 38.9 Å². The van der Waals surface area contributed by atoms with Crippen molar-refractivity contribution in [3.8, 4) is 0 Å². The number of hydrogen-bond donors (Lipinski definition) is 1. The number of aromatic nitrogens is 2. The third kappa shape index (κ3) is 3.04. The van der Waals surface area contributed by atoms with Gasteiger partial charge in [-0.2, -0.15) is 5.10 Å². The van der Waals surface area contributed by atoms with Crippen LogP contribution >= 0.6 is 0 Å². The van der Waals surface area contributed by atoms with Gasteiger partial charge in [0.25, 0.3) is 0 Å². The first-order chi connectivity index (χ1) is 7.15. The van der Waals surface area contributed by atoms with E-state index in [1.807, 2.05) is 19.4 Å². The fourth-order valence-corrected chi connectivity index (χ4v) is 1.58. The van der Waals surface area contributed by atoms with Crippen LogP contribution in [0.2, 0.25) is 0 Å². The Balaban J connectivity index is 2.54. The van der Waals surface area contributed by atoms with Crippen LogP contribution in [0.3, 0.4) is 0 Å². The Labute approximate surface area is 91.4 Å². The average Bonchev–Trinajstić information content (AvgIpc) is 2.67. The predicted octanol–water partition coefficient (Wildman–Crippen LogP) is 1.45. The van der Waals surface area contributed by atoms with E-state index in [2.05, 4.69) is 18.9 Å². The third-order valence-corrected chi connectivity index (χ3v) is 2.96. The van der Waals surface area contributed by atoms with Gasteiger partial charge in [0.05, 0.1) is 18.4 Å². The molecule has 1 aromatic heterocycles. The molecule has 0 aromatic carbocycles. The van der Waals surface area contributed by atoms with Crippen LogP contribution in [0, 0.1) is 0 Å². The minimum atomic E-state index is -0.171. The highest BCUT2D eigenvalue weighted by atomic mass is 16.5. The van der Waals surface area contributed by atoms with Crippen LogP contribution in [0.5, 0.6) is 0 Å². The summed E-state index contributed by atoms with van der Waals surface area (Å²) >= 11 is 0. The van der Waals surface area contributed by atoms with Crippen molar-refractivity contribution in [3.63, 3.8) is 0 Å². The van der Waals surface area contributed by atoms with E-state index in [1.54, 1.807) is 4.68 Å². The van der Waals surface area contributed by atoms with Gasteiger partial charge in [-0.15, -0.1) is 0 Å². The van der Waals surface area contributed by atoms with E-state index in [9.17, 15) is 0 Å². The fraction of sp³-hybridized carbons (Fsp3) is 0.727. The third-order valence-electron chi connectivity index (χ3n) is 2.96. The minimum absolute atomic E-state index is 0.171. The summed E-state index contributed by atoms with van der Waals surface area (Å²) in [5.41, 5.74) is 6.68. The first-order valence-electron chi connectivity index (χ1n) is 5.47. The standard InChI is InChI=1S/C11H21N3O/c1-4-11(5-2,9-12)15-8-10-6-13-14(3)7-10/h6-7H,4-5,8-9,12H2,1-3H3. The second-order valence-corrected chi connectivity index (χ2v) is 3.91. The summed E-state index contributed by atoms with van der Waals surface area (Å²) in [6, 6.07) is 0. The molecule has 0 aliphatic carbocycles. The highest BCUT2D eigenvalue weighted by Crippen LogP contribution is 2.20. The summed E-state index contributed by atoms with van der Waals surface area (Å²) < 4.78 is 7.68. The summed E-state index contributed by atoms with van der Waals surface area (Å²) in [4.78, 5) is 0. The largest absolute Gasteiger partial charge is 0.369 e. The molecule has 2 N–H and O–H groups in total. The maximum Gasteiger partial charge on any atom is 0.0803 e. The Morgan fingerprint density at radius 3 is 2.53 bits per heavy atom. The molecule has 0 radical (unpaired) electrons. The summed E-state index contributed by atoms with van der Waals surface area (Å²) in [5, 5.41) is 4.10. The molecule has 0 bridgehead atoms. The molecule has 1 heterocycles.